The number of amides is 1. The number of aromatic nitrogens is 2. The van der Waals surface area contributed by atoms with Crippen LogP contribution in [0.5, 0.6) is 0 Å². The quantitative estimate of drug-likeness (QED) is 0.331. The highest BCUT2D eigenvalue weighted by molar-refractivity contribution is 7.17. The molecule has 0 spiro atoms. The first-order valence-corrected chi connectivity index (χ1v) is 7.31. The summed E-state index contributed by atoms with van der Waals surface area (Å²) < 4.78 is 0.664. The Morgan fingerprint density at radius 2 is 2.00 bits per heavy atom. The number of nitrogens with zero attached hydrogens (tertiary/aromatic N) is 2. The van der Waals surface area contributed by atoms with E-state index in [0.717, 1.165) is 0 Å². The van der Waals surface area contributed by atoms with Crippen LogP contribution >= 0.6 is 22.7 Å². The maximum Gasteiger partial charge on any atom is 0.302 e. The van der Waals surface area contributed by atoms with Gasteiger partial charge in [-0.05, 0) is 22.9 Å². The molecule has 1 amide bonds. The topological polar surface area (TPSA) is 98.0 Å². The van der Waals surface area contributed by atoms with Crippen LogP contribution in [-0.2, 0) is 0 Å². The zero-order valence-electron chi connectivity index (χ0n) is 9.99. The molecule has 3 N–H and O–H groups in total. The monoisotopic (exact) mass is 304 g/mol. The molecule has 3 aromatic heterocycles. The summed E-state index contributed by atoms with van der Waals surface area (Å²) in [6.45, 7) is 0. The summed E-state index contributed by atoms with van der Waals surface area (Å²) >= 11 is 2.69. The summed E-state index contributed by atoms with van der Waals surface area (Å²) in [5, 5.41) is 3.61. The number of hydrazine groups is 1. The Morgan fingerprint density at radius 1 is 1.15 bits per heavy atom. The second kappa shape index (κ2) is 5.08. The molecule has 0 aliphatic carbocycles. The molecular formula is C12H8N4O2S2. The highest BCUT2D eigenvalue weighted by atomic mass is 32.1. The maximum atomic E-state index is 12.4. The lowest BCUT2D eigenvalue weighted by Crippen LogP contribution is -2.32. The average Bonchev–Trinajstić information content (AvgIpc) is 3.14. The van der Waals surface area contributed by atoms with Crippen LogP contribution in [0, 0.1) is 0 Å². The van der Waals surface area contributed by atoms with E-state index in [2.05, 4.69) is 9.97 Å². The fourth-order valence-electron chi connectivity index (χ4n) is 1.71. The number of carbonyl (C=O) groups is 2. The number of ketones is 1. The van der Waals surface area contributed by atoms with E-state index in [9.17, 15) is 9.59 Å². The Kier molecular flexibility index (Phi) is 3.26. The number of hydrogen-bond donors (Lipinski definition) is 2. The predicted molar refractivity (Wildman–Crippen MR) is 76.8 cm³/mol. The molecule has 3 aromatic rings. The zero-order chi connectivity index (χ0) is 14.1. The van der Waals surface area contributed by atoms with E-state index in [4.69, 9.17) is 5.84 Å². The smallest absolute Gasteiger partial charge is 0.287 e. The van der Waals surface area contributed by atoms with E-state index in [1.807, 2.05) is 10.8 Å². The molecule has 0 unspecified atom stereocenters. The average molecular weight is 304 g/mol. The van der Waals surface area contributed by atoms with Gasteiger partial charge in [0.25, 0.3) is 0 Å². The molecule has 0 aromatic carbocycles. The maximum absolute atomic E-state index is 12.4. The number of carbonyl (C=O) groups excluding carboxylic acids is 2. The van der Waals surface area contributed by atoms with Gasteiger partial charge < -0.3 is 0 Å². The number of hydrogen-bond acceptors (Lipinski definition) is 7. The summed E-state index contributed by atoms with van der Waals surface area (Å²) in [4.78, 5) is 32.7. The Balaban J connectivity index is 2.20. The van der Waals surface area contributed by atoms with Gasteiger partial charge in [-0.15, -0.1) is 22.7 Å². The number of thiophene rings is 2. The number of nitrogens with one attached hydrogen (secondary N) is 1. The minimum absolute atomic E-state index is 0.113. The SMILES string of the molecule is NNC(=O)c1nc(C(=O)c2cccs2)c2sccc2n1. The third kappa shape index (κ3) is 2.09. The van der Waals surface area contributed by atoms with E-state index >= 15 is 0 Å². The molecule has 0 saturated carbocycles. The Bertz CT molecular complexity index is 795. The fourth-order valence-corrected chi connectivity index (χ4v) is 3.19. The number of rotatable bonds is 3. The minimum Gasteiger partial charge on any atom is -0.287 e. The van der Waals surface area contributed by atoms with Crippen molar-refractivity contribution in [3.05, 3.63) is 45.4 Å². The zero-order valence-corrected chi connectivity index (χ0v) is 11.6. The lowest BCUT2D eigenvalue weighted by atomic mass is 10.2. The minimum atomic E-state index is -0.627. The van der Waals surface area contributed by atoms with Gasteiger partial charge in [-0.1, -0.05) is 6.07 Å². The van der Waals surface area contributed by atoms with E-state index in [1.54, 1.807) is 23.6 Å². The van der Waals surface area contributed by atoms with E-state index < -0.39 is 5.91 Å². The molecule has 0 aliphatic rings. The first-order valence-electron chi connectivity index (χ1n) is 5.55. The summed E-state index contributed by atoms with van der Waals surface area (Å²) in [6.07, 6.45) is 0. The molecule has 0 atom stereocenters. The largest absolute Gasteiger partial charge is 0.302 e. The molecule has 0 saturated heterocycles. The third-order valence-electron chi connectivity index (χ3n) is 2.60. The molecule has 3 heterocycles. The summed E-state index contributed by atoms with van der Waals surface area (Å²) in [7, 11) is 0. The molecular weight excluding hydrogens is 296 g/mol. The Hall–Kier alpha value is -2.16. The van der Waals surface area contributed by atoms with Crippen LogP contribution < -0.4 is 11.3 Å². The molecule has 20 heavy (non-hydrogen) atoms. The van der Waals surface area contributed by atoms with E-state index in [-0.39, 0.29) is 17.3 Å². The van der Waals surface area contributed by atoms with Crippen molar-refractivity contribution in [1.29, 1.82) is 0 Å². The molecule has 100 valence electrons. The van der Waals surface area contributed by atoms with Gasteiger partial charge in [0.15, 0.2) is 0 Å². The standard InChI is InChI=1S/C12H8N4O2S2/c13-16-12(18)11-14-6-3-5-20-10(6)8(15-11)9(17)7-2-1-4-19-7/h1-5H,13H2,(H,16,18). The van der Waals surface area contributed by atoms with Crippen molar-refractivity contribution in [3.63, 3.8) is 0 Å². The molecule has 0 bridgehead atoms. The number of nitrogen functional groups attached to an aromatic ring is 1. The van der Waals surface area contributed by atoms with Crippen molar-refractivity contribution in [2.75, 3.05) is 0 Å². The molecule has 8 heteroatoms. The molecule has 0 radical (unpaired) electrons. The van der Waals surface area contributed by atoms with Crippen LogP contribution in [0.4, 0.5) is 0 Å². The second-order valence-electron chi connectivity index (χ2n) is 3.81. The third-order valence-corrected chi connectivity index (χ3v) is 4.38. The van der Waals surface area contributed by atoms with Gasteiger partial charge in [0.2, 0.25) is 11.6 Å². The summed E-state index contributed by atoms with van der Waals surface area (Å²) in [6, 6.07) is 5.25. The van der Waals surface area contributed by atoms with Gasteiger partial charge in [0, 0.05) is 0 Å². The van der Waals surface area contributed by atoms with Crippen LogP contribution in [0.15, 0.2) is 29.0 Å². The van der Waals surface area contributed by atoms with Crippen LogP contribution in [0.1, 0.15) is 26.0 Å². The first kappa shape index (κ1) is 12.9. The molecule has 0 fully saturated rings. The van der Waals surface area contributed by atoms with Gasteiger partial charge in [-0.3, -0.25) is 15.0 Å². The van der Waals surface area contributed by atoms with Gasteiger partial charge in [0.1, 0.15) is 5.69 Å². The molecule has 3 rings (SSSR count). The van der Waals surface area contributed by atoms with Crippen LogP contribution in [-0.4, -0.2) is 21.7 Å². The van der Waals surface area contributed by atoms with Crippen molar-refractivity contribution >= 4 is 44.6 Å². The lowest BCUT2D eigenvalue weighted by molar-refractivity contribution is 0.0943. The van der Waals surface area contributed by atoms with E-state index in [1.165, 1.54) is 22.7 Å². The highest BCUT2D eigenvalue weighted by Gasteiger charge is 2.20. The van der Waals surface area contributed by atoms with Crippen molar-refractivity contribution in [1.82, 2.24) is 15.4 Å². The fraction of sp³-hybridized carbons (Fsp3) is 0. The Morgan fingerprint density at radius 3 is 2.70 bits per heavy atom. The van der Waals surface area contributed by atoms with E-state index in [0.29, 0.717) is 15.1 Å². The highest BCUT2D eigenvalue weighted by Crippen LogP contribution is 2.25. The summed E-state index contributed by atoms with van der Waals surface area (Å²) in [5.41, 5.74) is 2.76. The van der Waals surface area contributed by atoms with Crippen molar-refractivity contribution in [3.8, 4) is 0 Å². The summed E-state index contributed by atoms with van der Waals surface area (Å²) in [5.74, 6) is 4.12. The molecule has 6 nitrogen and oxygen atoms in total. The van der Waals surface area contributed by atoms with Crippen molar-refractivity contribution in [2.45, 2.75) is 0 Å². The lowest BCUT2D eigenvalue weighted by Gasteiger charge is -2.03. The van der Waals surface area contributed by atoms with Crippen LogP contribution in [0.2, 0.25) is 0 Å². The number of fused-ring (bicyclic) bond motifs is 1. The first-order chi connectivity index (χ1) is 9.70. The number of nitrogens with two attached hydrogens (primary N) is 1. The van der Waals surface area contributed by atoms with Gasteiger partial charge in [-0.2, -0.15) is 0 Å². The van der Waals surface area contributed by atoms with Crippen molar-refractivity contribution in [2.24, 2.45) is 5.84 Å². The normalized spacial score (nSPS) is 10.7. The van der Waals surface area contributed by atoms with Gasteiger partial charge in [0.05, 0.1) is 15.1 Å². The van der Waals surface area contributed by atoms with Crippen LogP contribution in [0.25, 0.3) is 10.2 Å². The predicted octanol–water partition coefficient (Wildman–Crippen LogP) is 1.59. The molecule has 0 aliphatic heterocycles. The Labute approximate surface area is 121 Å². The van der Waals surface area contributed by atoms with Crippen molar-refractivity contribution < 1.29 is 9.59 Å². The van der Waals surface area contributed by atoms with Gasteiger partial charge >= 0.3 is 5.91 Å². The van der Waals surface area contributed by atoms with Crippen LogP contribution in [0.3, 0.4) is 0 Å². The second-order valence-corrected chi connectivity index (χ2v) is 5.67. The van der Waals surface area contributed by atoms with Gasteiger partial charge in [-0.25, -0.2) is 15.8 Å².